The second kappa shape index (κ2) is 18.0. The zero-order chi connectivity index (χ0) is 32.2. The van der Waals surface area contributed by atoms with Crippen molar-refractivity contribution in [3.8, 4) is 0 Å². The Morgan fingerprint density at radius 2 is 1.84 bits per heavy atom. The predicted octanol–water partition coefficient (Wildman–Crippen LogP) is 2.93. The first kappa shape index (κ1) is 37.0. The van der Waals surface area contributed by atoms with Gasteiger partial charge in [0.05, 0.1) is 30.1 Å². The van der Waals surface area contributed by atoms with E-state index in [9.17, 15) is 14.0 Å². The minimum atomic E-state index is -1.18. The summed E-state index contributed by atoms with van der Waals surface area (Å²) in [5.74, 6) is 1.25. The fourth-order valence-electron chi connectivity index (χ4n) is 6.37. The lowest BCUT2D eigenvalue weighted by Gasteiger charge is -2.46. The summed E-state index contributed by atoms with van der Waals surface area (Å²) in [6, 6.07) is -1.33. The highest BCUT2D eigenvalue weighted by atomic mass is 19.1. The van der Waals surface area contributed by atoms with Crippen LogP contribution in [0.25, 0.3) is 0 Å². The molecule has 2 aliphatic rings. The molecule has 0 bridgehead atoms. The van der Waals surface area contributed by atoms with Crippen molar-refractivity contribution in [3.63, 3.8) is 0 Å². The highest BCUT2D eigenvalue weighted by Gasteiger charge is 2.45. The van der Waals surface area contributed by atoms with E-state index in [2.05, 4.69) is 45.2 Å². The van der Waals surface area contributed by atoms with Crippen LogP contribution in [0, 0.1) is 5.92 Å². The van der Waals surface area contributed by atoms with Crippen molar-refractivity contribution in [1.29, 1.82) is 0 Å². The van der Waals surface area contributed by atoms with Crippen LogP contribution in [0.5, 0.6) is 0 Å². The van der Waals surface area contributed by atoms with Gasteiger partial charge in [0.25, 0.3) is 0 Å². The molecule has 2 heterocycles. The van der Waals surface area contributed by atoms with E-state index in [0.29, 0.717) is 52.2 Å². The molecule has 6 atom stereocenters. The minimum absolute atomic E-state index is 0.0619. The largest absolute Gasteiger partial charge is 0.350 e. The van der Waals surface area contributed by atoms with Crippen LogP contribution in [-0.4, -0.2) is 129 Å². The predicted molar refractivity (Wildman–Crippen MR) is 171 cm³/mol. The topological polar surface area (TPSA) is 92.3 Å². The van der Waals surface area contributed by atoms with Crippen LogP contribution in [0.3, 0.4) is 0 Å². The third-order valence-corrected chi connectivity index (χ3v) is 8.58. The van der Waals surface area contributed by atoms with E-state index in [-0.39, 0.29) is 30.8 Å². The summed E-state index contributed by atoms with van der Waals surface area (Å²) in [7, 11) is 3.73. The van der Waals surface area contributed by atoms with Crippen LogP contribution >= 0.6 is 0 Å². The number of nitrogens with one attached hydrogen (secondary N) is 3. The second-order valence-corrected chi connectivity index (χ2v) is 12.7. The van der Waals surface area contributed by atoms with Gasteiger partial charge >= 0.3 is 0 Å². The highest BCUT2D eigenvalue weighted by molar-refractivity contribution is 5.82. The van der Waals surface area contributed by atoms with Crippen LogP contribution in [0.15, 0.2) is 23.0 Å². The Kier molecular flexibility index (Phi) is 15.5. The summed E-state index contributed by atoms with van der Waals surface area (Å²) in [5.41, 5.74) is 0.112. The lowest BCUT2D eigenvalue weighted by atomic mass is 9.77. The van der Waals surface area contributed by atoms with Crippen LogP contribution in [0.1, 0.15) is 66.7 Å². The number of amides is 2. The number of halogens is 2. The first-order valence-electron chi connectivity index (χ1n) is 16.1. The van der Waals surface area contributed by atoms with E-state index in [1.165, 1.54) is 0 Å². The number of carbonyl (C=O) groups is 2. The Hall–Kier alpha value is -2.17. The molecule has 11 heteroatoms. The van der Waals surface area contributed by atoms with Gasteiger partial charge < -0.3 is 25.8 Å². The van der Waals surface area contributed by atoms with Crippen LogP contribution in [0.4, 0.5) is 8.78 Å². The number of carbonyl (C=O) groups excluding carboxylic acids is 2. The van der Waals surface area contributed by atoms with Gasteiger partial charge in [0.15, 0.2) is 5.83 Å². The lowest BCUT2D eigenvalue weighted by Crippen LogP contribution is -2.68. The van der Waals surface area contributed by atoms with Crippen molar-refractivity contribution < 1.29 is 18.4 Å². The monoisotopic (exact) mass is 609 g/mol. The summed E-state index contributed by atoms with van der Waals surface area (Å²) in [6.07, 6.45) is 2.15. The van der Waals surface area contributed by atoms with Gasteiger partial charge in [-0.15, -0.1) is 0 Å². The maximum atomic E-state index is 15.6. The zero-order valence-corrected chi connectivity index (χ0v) is 27.6. The summed E-state index contributed by atoms with van der Waals surface area (Å²) in [5, 5.41) is 9.81. The first-order valence-corrected chi connectivity index (χ1v) is 16.1. The standard InChI is InChI=1S/C32H57F2N7O2/c1-9-12-23(4)18-36-24(5)29(32(6,13-10-2)37-19-25(33)11-3)31(43)38-27-21-35-20-26(34)30(27)41-16-14-40(15-17-41)28(42)22-39(7)8/h24,26-27,29-30,35-36H,4,9-18,20-22H2,1-3,5-8H3,(H,38,43). The Morgan fingerprint density at radius 1 is 1.16 bits per heavy atom. The molecule has 2 amide bonds. The van der Waals surface area contributed by atoms with Gasteiger partial charge in [0, 0.05) is 64.1 Å². The number of nitrogens with zero attached hydrogens (tertiary/aromatic N) is 4. The molecular weight excluding hydrogens is 552 g/mol. The smallest absolute Gasteiger partial charge is 0.236 e. The molecule has 0 aliphatic carbocycles. The average Bonchev–Trinajstić information content (AvgIpc) is 2.95. The number of hydrogen-bond donors (Lipinski definition) is 3. The Bertz CT molecular complexity index is 979. The third kappa shape index (κ3) is 11.0. The molecule has 0 saturated carbocycles. The molecule has 0 aromatic heterocycles. The van der Waals surface area contributed by atoms with Crippen LogP contribution < -0.4 is 16.0 Å². The average molecular weight is 610 g/mol. The first-order chi connectivity index (χ1) is 20.4. The molecule has 2 rings (SSSR count). The molecule has 9 nitrogen and oxygen atoms in total. The van der Waals surface area contributed by atoms with Crippen LogP contribution in [0.2, 0.25) is 0 Å². The quantitative estimate of drug-likeness (QED) is 0.184. The van der Waals surface area contributed by atoms with Gasteiger partial charge in [-0.3, -0.25) is 14.5 Å². The third-order valence-electron chi connectivity index (χ3n) is 8.58. The molecule has 2 saturated heterocycles. The van der Waals surface area contributed by atoms with Crippen LogP contribution in [-0.2, 0) is 9.59 Å². The SMILES string of the molecule is C=C(CCC)CNC(C)C(C(=O)NC1CNCC(F)C1N1CCN(C(=O)CN(C)C)CC1)C(C)(CCC)N=C=C(F)CC. The number of alkyl halides is 1. The molecule has 43 heavy (non-hydrogen) atoms. The molecule has 0 aromatic rings. The maximum absolute atomic E-state index is 15.6. The number of aliphatic imine (C=N–C) groups is 1. The van der Waals surface area contributed by atoms with E-state index in [1.807, 2.05) is 44.7 Å². The van der Waals surface area contributed by atoms with Gasteiger partial charge in [-0.1, -0.05) is 45.8 Å². The number of hydrogen-bond acceptors (Lipinski definition) is 7. The van der Waals surface area contributed by atoms with Crippen molar-refractivity contribution in [2.75, 3.05) is 66.5 Å². The molecule has 0 spiro atoms. The highest BCUT2D eigenvalue weighted by Crippen LogP contribution is 2.31. The molecule has 2 aliphatic heterocycles. The number of likely N-dealkylation sites (N-methyl/N-ethyl adjacent to an activating group) is 1. The molecule has 6 unspecified atom stereocenters. The van der Waals surface area contributed by atoms with Gasteiger partial charge in [-0.25, -0.2) is 13.8 Å². The summed E-state index contributed by atoms with van der Waals surface area (Å²) >= 11 is 0. The molecule has 3 N–H and O–H groups in total. The van der Waals surface area contributed by atoms with Gasteiger partial charge in [-0.2, -0.15) is 0 Å². The fraction of sp³-hybridized carbons (Fsp3) is 0.812. The van der Waals surface area contributed by atoms with Gasteiger partial charge in [0.1, 0.15) is 6.17 Å². The second-order valence-electron chi connectivity index (χ2n) is 12.7. The normalized spacial score (nSPS) is 24.0. The Labute approximate surface area is 258 Å². The van der Waals surface area contributed by atoms with Gasteiger partial charge in [0.2, 0.25) is 11.8 Å². The van der Waals surface area contributed by atoms with E-state index in [0.717, 1.165) is 24.8 Å². The molecule has 246 valence electrons. The number of piperidine rings is 1. The molecule has 2 fully saturated rings. The summed E-state index contributed by atoms with van der Waals surface area (Å²) in [6.45, 7) is 17.4. The van der Waals surface area contributed by atoms with E-state index < -0.39 is 35.5 Å². The van der Waals surface area contributed by atoms with Crippen molar-refractivity contribution >= 4 is 17.7 Å². The van der Waals surface area contributed by atoms with Crippen molar-refractivity contribution in [2.24, 2.45) is 10.9 Å². The van der Waals surface area contributed by atoms with E-state index >= 15 is 4.39 Å². The zero-order valence-electron chi connectivity index (χ0n) is 27.6. The van der Waals surface area contributed by atoms with E-state index in [4.69, 9.17) is 0 Å². The van der Waals surface area contributed by atoms with Gasteiger partial charge in [-0.05, 0) is 40.8 Å². The van der Waals surface area contributed by atoms with Crippen molar-refractivity contribution in [2.45, 2.75) is 96.6 Å². The number of piperazine rings is 1. The Balaban J connectivity index is 2.32. The van der Waals surface area contributed by atoms with E-state index in [1.54, 1.807) is 6.92 Å². The maximum Gasteiger partial charge on any atom is 0.236 e. The minimum Gasteiger partial charge on any atom is -0.350 e. The Morgan fingerprint density at radius 3 is 2.42 bits per heavy atom. The van der Waals surface area contributed by atoms with Crippen molar-refractivity contribution in [3.05, 3.63) is 18.0 Å². The lowest BCUT2D eigenvalue weighted by molar-refractivity contribution is -0.134. The number of allylic oxidation sites excluding steroid dienone is 1. The molecule has 0 radical (unpaired) electrons. The summed E-state index contributed by atoms with van der Waals surface area (Å²) in [4.78, 5) is 37.1. The number of rotatable bonds is 16. The molecule has 0 aromatic carbocycles. The fourth-order valence-corrected chi connectivity index (χ4v) is 6.37. The summed E-state index contributed by atoms with van der Waals surface area (Å²) < 4.78 is 29.8. The molecular formula is C32H57F2N7O2. The van der Waals surface area contributed by atoms with Crippen molar-refractivity contribution in [1.82, 2.24) is 30.7 Å².